The van der Waals surface area contributed by atoms with E-state index in [0.717, 1.165) is 12.0 Å². The normalized spacial score (nSPS) is 21.3. The SMILES string of the molecule is COCCCNC(=O)[C@@H]1CCC(=O)N(C)[C@H]1c1ccc(C)cc1. The fourth-order valence-corrected chi connectivity index (χ4v) is 3.09. The lowest BCUT2D eigenvalue weighted by atomic mass is 9.83. The van der Waals surface area contributed by atoms with Gasteiger partial charge in [-0.15, -0.1) is 0 Å². The molecule has 1 saturated heterocycles. The molecule has 1 heterocycles. The maximum absolute atomic E-state index is 12.6. The molecule has 5 heteroatoms. The van der Waals surface area contributed by atoms with E-state index in [2.05, 4.69) is 5.32 Å². The van der Waals surface area contributed by atoms with E-state index < -0.39 is 0 Å². The molecule has 2 atom stereocenters. The Morgan fingerprint density at radius 3 is 2.70 bits per heavy atom. The van der Waals surface area contributed by atoms with Crippen molar-refractivity contribution in [2.24, 2.45) is 5.92 Å². The monoisotopic (exact) mass is 318 g/mol. The number of benzene rings is 1. The molecule has 0 unspecified atom stereocenters. The van der Waals surface area contributed by atoms with Gasteiger partial charge in [0.25, 0.3) is 0 Å². The Morgan fingerprint density at radius 2 is 2.04 bits per heavy atom. The molecule has 1 fully saturated rings. The zero-order valence-electron chi connectivity index (χ0n) is 14.2. The van der Waals surface area contributed by atoms with Gasteiger partial charge in [0, 0.05) is 33.7 Å². The molecule has 0 aromatic heterocycles. The number of aryl methyl sites for hydroxylation is 1. The van der Waals surface area contributed by atoms with Crippen molar-refractivity contribution in [3.63, 3.8) is 0 Å². The second-order valence-electron chi connectivity index (χ2n) is 6.14. The highest BCUT2D eigenvalue weighted by Gasteiger charge is 2.38. The molecule has 5 nitrogen and oxygen atoms in total. The third kappa shape index (κ3) is 4.32. The molecule has 1 N–H and O–H groups in total. The predicted octanol–water partition coefficient (Wildman–Crippen LogP) is 2.06. The van der Waals surface area contributed by atoms with E-state index in [1.807, 2.05) is 31.2 Å². The molecule has 126 valence electrons. The van der Waals surface area contributed by atoms with E-state index in [0.29, 0.717) is 26.0 Å². The van der Waals surface area contributed by atoms with E-state index in [4.69, 9.17) is 4.74 Å². The molecule has 1 aliphatic heterocycles. The second-order valence-corrected chi connectivity index (χ2v) is 6.14. The van der Waals surface area contributed by atoms with Crippen molar-refractivity contribution in [3.8, 4) is 0 Å². The van der Waals surface area contributed by atoms with Crippen LogP contribution in [0.2, 0.25) is 0 Å². The van der Waals surface area contributed by atoms with Crippen molar-refractivity contribution in [3.05, 3.63) is 35.4 Å². The van der Waals surface area contributed by atoms with Crippen LogP contribution in [0.4, 0.5) is 0 Å². The summed E-state index contributed by atoms with van der Waals surface area (Å²) in [7, 11) is 3.44. The average Bonchev–Trinajstić information content (AvgIpc) is 2.55. The van der Waals surface area contributed by atoms with Gasteiger partial charge in [-0.2, -0.15) is 0 Å². The summed E-state index contributed by atoms with van der Waals surface area (Å²) in [5, 5.41) is 2.98. The third-order valence-corrected chi connectivity index (χ3v) is 4.44. The summed E-state index contributed by atoms with van der Waals surface area (Å²) >= 11 is 0. The number of piperidine rings is 1. The number of methoxy groups -OCH3 is 1. The van der Waals surface area contributed by atoms with Crippen LogP contribution in [0.25, 0.3) is 0 Å². The molecule has 1 aromatic rings. The van der Waals surface area contributed by atoms with E-state index in [1.54, 1.807) is 19.1 Å². The number of hydrogen-bond acceptors (Lipinski definition) is 3. The van der Waals surface area contributed by atoms with Gasteiger partial charge in [0.15, 0.2) is 0 Å². The molecular weight excluding hydrogens is 292 g/mol. The highest BCUT2D eigenvalue weighted by Crippen LogP contribution is 2.35. The van der Waals surface area contributed by atoms with Crippen molar-refractivity contribution in [2.45, 2.75) is 32.2 Å². The molecule has 1 aromatic carbocycles. The Labute approximate surface area is 138 Å². The first-order valence-electron chi connectivity index (χ1n) is 8.13. The molecule has 2 amide bonds. The van der Waals surface area contributed by atoms with Gasteiger partial charge in [0.2, 0.25) is 11.8 Å². The molecular formula is C18H26N2O3. The molecule has 1 aliphatic rings. The number of amides is 2. The Hall–Kier alpha value is -1.88. The number of rotatable bonds is 6. The third-order valence-electron chi connectivity index (χ3n) is 4.44. The predicted molar refractivity (Wildman–Crippen MR) is 88.9 cm³/mol. The number of carbonyl (C=O) groups excluding carboxylic acids is 2. The smallest absolute Gasteiger partial charge is 0.225 e. The van der Waals surface area contributed by atoms with E-state index in [9.17, 15) is 9.59 Å². The number of nitrogens with one attached hydrogen (secondary N) is 1. The second kappa shape index (κ2) is 8.11. The fraction of sp³-hybridized carbons (Fsp3) is 0.556. The van der Waals surface area contributed by atoms with Crippen molar-refractivity contribution in [2.75, 3.05) is 27.3 Å². The minimum atomic E-state index is -0.206. The summed E-state index contributed by atoms with van der Waals surface area (Å²) < 4.78 is 5.00. The van der Waals surface area contributed by atoms with Crippen LogP contribution in [0.15, 0.2) is 24.3 Å². The molecule has 23 heavy (non-hydrogen) atoms. The summed E-state index contributed by atoms with van der Waals surface area (Å²) in [6, 6.07) is 7.88. The molecule has 2 rings (SSSR count). The number of likely N-dealkylation sites (tertiary alicyclic amines) is 1. The van der Waals surface area contributed by atoms with Gasteiger partial charge in [-0.25, -0.2) is 0 Å². The molecule has 0 saturated carbocycles. The molecule has 0 aliphatic carbocycles. The summed E-state index contributed by atoms with van der Waals surface area (Å²) in [4.78, 5) is 26.4. The number of hydrogen-bond donors (Lipinski definition) is 1. The van der Waals surface area contributed by atoms with Crippen LogP contribution >= 0.6 is 0 Å². The summed E-state index contributed by atoms with van der Waals surface area (Å²) in [5.41, 5.74) is 2.18. The van der Waals surface area contributed by atoms with Crippen LogP contribution in [0, 0.1) is 12.8 Å². The first kappa shape index (κ1) is 17.5. The lowest BCUT2D eigenvalue weighted by molar-refractivity contribution is -0.141. The number of nitrogens with zero attached hydrogens (tertiary/aromatic N) is 1. The molecule has 0 spiro atoms. The summed E-state index contributed by atoms with van der Waals surface area (Å²) in [6.45, 7) is 3.26. The van der Waals surface area contributed by atoms with E-state index in [-0.39, 0.29) is 23.8 Å². The Bertz CT molecular complexity index is 542. The van der Waals surface area contributed by atoms with Crippen molar-refractivity contribution in [1.29, 1.82) is 0 Å². The minimum Gasteiger partial charge on any atom is -0.385 e. The van der Waals surface area contributed by atoms with Crippen LogP contribution in [0.5, 0.6) is 0 Å². The van der Waals surface area contributed by atoms with E-state index in [1.165, 1.54) is 5.56 Å². The Kier molecular flexibility index (Phi) is 6.16. The van der Waals surface area contributed by atoms with Crippen LogP contribution in [-0.4, -0.2) is 44.0 Å². The van der Waals surface area contributed by atoms with Crippen molar-refractivity contribution >= 4 is 11.8 Å². The van der Waals surface area contributed by atoms with Crippen molar-refractivity contribution in [1.82, 2.24) is 10.2 Å². The van der Waals surface area contributed by atoms with E-state index >= 15 is 0 Å². The number of ether oxygens (including phenoxy) is 1. The average molecular weight is 318 g/mol. The van der Waals surface area contributed by atoms with Gasteiger partial charge < -0.3 is 15.0 Å². The quantitative estimate of drug-likeness (QED) is 0.817. The van der Waals surface area contributed by atoms with Gasteiger partial charge in [0.1, 0.15) is 0 Å². The lowest BCUT2D eigenvalue weighted by Crippen LogP contribution is -2.46. The van der Waals surface area contributed by atoms with Gasteiger partial charge in [0.05, 0.1) is 12.0 Å². The van der Waals surface area contributed by atoms with Crippen molar-refractivity contribution < 1.29 is 14.3 Å². The number of carbonyl (C=O) groups is 2. The first-order chi connectivity index (χ1) is 11.0. The maximum atomic E-state index is 12.6. The van der Waals surface area contributed by atoms with Gasteiger partial charge in [-0.05, 0) is 25.3 Å². The van der Waals surface area contributed by atoms with Crippen LogP contribution in [-0.2, 0) is 14.3 Å². The maximum Gasteiger partial charge on any atom is 0.225 e. The first-order valence-corrected chi connectivity index (χ1v) is 8.13. The highest BCUT2D eigenvalue weighted by molar-refractivity contribution is 5.84. The lowest BCUT2D eigenvalue weighted by Gasteiger charge is -2.38. The van der Waals surface area contributed by atoms with Gasteiger partial charge >= 0.3 is 0 Å². The molecule has 0 radical (unpaired) electrons. The van der Waals surface area contributed by atoms with Crippen LogP contribution in [0.1, 0.15) is 36.4 Å². The fourth-order valence-electron chi connectivity index (χ4n) is 3.09. The largest absolute Gasteiger partial charge is 0.385 e. The topological polar surface area (TPSA) is 58.6 Å². The minimum absolute atomic E-state index is 0.0195. The summed E-state index contributed by atoms with van der Waals surface area (Å²) in [6.07, 6.45) is 1.81. The zero-order valence-corrected chi connectivity index (χ0v) is 14.2. The zero-order chi connectivity index (χ0) is 16.8. The standard InChI is InChI=1S/C18H26N2O3/c1-13-5-7-14(8-6-13)17-15(9-10-16(21)20(17)2)18(22)19-11-4-12-23-3/h5-8,15,17H,4,9-12H2,1-3H3,(H,19,22)/t15-,17+/m1/s1. The van der Waals surface area contributed by atoms with Crippen LogP contribution < -0.4 is 5.32 Å². The molecule has 0 bridgehead atoms. The van der Waals surface area contributed by atoms with Gasteiger partial charge in [-0.3, -0.25) is 9.59 Å². The van der Waals surface area contributed by atoms with Gasteiger partial charge in [-0.1, -0.05) is 29.8 Å². The summed E-state index contributed by atoms with van der Waals surface area (Å²) in [5.74, 6) is -0.0898. The highest BCUT2D eigenvalue weighted by atomic mass is 16.5. The van der Waals surface area contributed by atoms with Crippen LogP contribution in [0.3, 0.4) is 0 Å². The Morgan fingerprint density at radius 1 is 1.35 bits per heavy atom. The Balaban J connectivity index is 2.13.